The number of carbonyl (C=O) groups is 3. The molecule has 1 unspecified atom stereocenters. The number of hydrogen-bond acceptors (Lipinski definition) is 5. The standard InChI is InChI=1S/C27H28N2O5S/c1-17-13-14-35-24(17)15-29(2)26(32)23(11-12-25(30)31)28-27(33)34-16-22-20-9-5-3-7-18(20)19-8-4-6-10-21(19)22/h3-10,13-14,22-23H,11-12,15-16H2,1-2H3,(H,28,33)(H,30,31). The molecule has 0 aliphatic heterocycles. The highest BCUT2D eigenvalue weighted by molar-refractivity contribution is 7.10. The van der Waals surface area contributed by atoms with Crippen molar-refractivity contribution in [1.29, 1.82) is 0 Å². The lowest BCUT2D eigenvalue weighted by Gasteiger charge is -2.24. The van der Waals surface area contributed by atoms with Crippen LogP contribution in [-0.2, 0) is 20.9 Å². The summed E-state index contributed by atoms with van der Waals surface area (Å²) >= 11 is 1.55. The van der Waals surface area contributed by atoms with Crippen molar-refractivity contribution in [3.8, 4) is 11.1 Å². The lowest BCUT2D eigenvalue weighted by molar-refractivity contribution is -0.137. The normalized spacial score (nSPS) is 13.0. The summed E-state index contributed by atoms with van der Waals surface area (Å²) < 4.78 is 5.57. The van der Waals surface area contributed by atoms with E-state index >= 15 is 0 Å². The van der Waals surface area contributed by atoms with E-state index in [4.69, 9.17) is 9.84 Å². The second-order valence-electron chi connectivity index (χ2n) is 8.68. The molecule has 7 nitrogen and oxygen atoms in total. The number of benzene rings is 2. The SMILES string of the molecule is Cc1ccsc1CN(C)C(=O)C(CCC(=O)O)NC(=O)OCC1c2ccccc2-c2ccccc21. The largest absolute Gasteiger partial charge is 0.481 e. The van der Waals surface area contributed by atoms with Crippen LogP contribution in [0.1, 0.15) is 40.3 Å². The molecule has 1 aliphatic rings. The number of carbonyl (C=O) groups excluding carboxylic acids is 2. The van der Waals surface area contributed by atoms with Gasteiger partial charge in [0.25, 0.3) is 0 Å². The first-order valence-electron chi connectivity index (χ1n) is 11.5. The lowest BCUT2D eigenvalue weighted by Crippen LogP contribution is -2.47. The zero-order chi connectivity index (χ0) is 24.9. The highest BCUT2D eigenvalue weighted by Crippen LogP contribution is 2.44. The van der Waals surface area contributed by atoms with Gasteiger partial charge in [-0.2, -0.15) is 0 Å². The van der Waals surface area contributed by atoms with E-state index in [1.165, 1.54) is 4.90 Å². The number of hydrogen-bond donors (Lipinski definition) is 2. The van der Waals surface area contributed by atoms with Gasteiger partial charge in [-0.05, 0) is 52.6 Å². The molecule has 3 aromatic rings. The summed E-state index contributed by atoms with van der Waals surface area (Å²) in [5, 5.41) is 13.7. The molecule has 1 heterocycles. The van der Waals surface area contributed by atoms with E-state index < -0.39 is 18.1 Å². The van der Waals surface area contributed by atoms with Crippen molar-refractivity contribution in [3.05, 3.63) is 81.5 Å². The minimum atomic E-state index is -1.03. The van der Waals surface area contributed by atoms with Gasteiger partial charge in [0.15, 0.2) is 0 Å². The molecular formula is C27H28N2O5S. The summed E-state index contributed by atoms with van der Waals surface area (Å²) in [6.07, 6.45) is -1.01. The summed E-state index contributed by atoms with van der Waals surface area (Å²) in [6, 6.07) is 17.1. The van der Waals surface area contributed by atoms with E-state index in [9.17, 15) is 14.4 Å². The Bertz CT molecular complexity index is 1190. The van der Waals surface area contributed by atoms with E-state index in [0.29, 0.717) is 6.54 Å². The molecule has 1 aromatic heterocycles. The first-order chi connectivity index (χ1) is 16.8. The van der Waals surface area contributed by atoms with E-state index in [-0.39, 0.29) is 31.3 Å². The molecular weight excluding hydrogens is 464 g/mol. The summed E-state index contributed by atoms with van der Waals surface area (Å²) in [5.74, 6) is -1.49. The number of fused-ring (bicyclic) bond motifs is 3. The Balaban J connectivity index is 1.42. The second kappa shape index (κ2) is 10.7. The van der Waals surface area contributed by atoms with Crippen LogP contribution in [-0.4, -0.2) is 47.7 Å². The molecule has 1 atom stereocenters. The smallest absolute Gasteiger partial charge is 0.407 e. The van der Waals surface area contributed by atoms with Crippen LogP contribution in [0, 0.1) is 6.92 Å². The quantitative estimate of drug-likeness (QED) is 0.448. The van der Waals surface area contributed by atoms with E-state index in [0.717, 1.165) is 32.7 Å². The average Bonchev–Trinajstić information content (AvgIpc) is 3.40. The molecule has 0 saturated heterocycles. The number of likely N-dealkylation sites (N-methyl/N-ethyl adjacent to an activating group) is 1. The molecule has 35 heavy (non-hydrogen) atoms. The number of aliphatic carboxylic acids is 1. The molecule has 1 aliphatic carbocycles. The average molecular weight is 493 g/mol. The Morgan fingerprint density at radius 3 is 2.26 bits per heavy atom. The Morgan fingerprint density at radius 2 is 1.69 bits per heavy atom. The maximum Gasteiger partial charge on any atom is 0.407 e. The zero-order valence-corrected chi connectivity index (χ0v) is 20.5. The number of alkyl carbamates (subject to hydrolysis) is 1. The molecule has 8 heteroatoms. The van der Waals surface area contributed by atoms with Gasteiger partial charge in [0, 0.05) is 24.3 Å². The van der Waals surface area contributed by atoms with Gasteiger partial charge in [-0.25, -0.2) is 4.79 Å². The fourth-order valence-electron chi connectivity index (χ4n) is 4.43. The summed E-state index contributed by atoms with van der Waals surface area (Å²) in [5.41, 5.74) is 5.51. The maximum absolute atomic E-state index is 13.1. The second-order valence-corrected chi connectivity index (χ2v) is 9.68. The molecule has 0 saturated carbocycles. The zero-order valence-electron chi connectivity index (χ0n) is 19.7. The Kier molecular flexibility index (Phi) is 7.51. The molecule has 0 radical (unpaired) electrons. The minimum Gasteiger partial charge on any atom is -0.481 e. The number of amides is 2. The summed E-state index contributed by atoms with van der Waals surface area (Å²) in [7, 11) is 1.65. The monoisotopic (exact) mass is 492 g/mol. The molecule has 2 N–H and O–H groups in total. The van der Waals surface area contributed by atoms with Crippen molar-refractivity contribution < 1.29 is 24.2 Å². The fourth-order valence-corrected chi connectivity index (χ4v) is 5.39. The molecule has 182 valence electrons. The third-order valence-electron chi connectivity index (χ3n) is 6.31. The lowest BCUT2D eigenvalue weighted by atomic mass is 9.98. The number of rotatable bonds is 9. The fraction of sp³-hybridized carbons (Fsp3) is 0.296. The number of thiophene rings is 1. The van der Waals surface area contributed by atoms with Gasteiger partial charge in [0.1, 0.15) is 12.6 Å². The van der Waals surface area contributed by atoms with Crippen LogP contribution in [0.3, 0.4) is 0 Å². The van der Waals surface area contributed by atoms with Gasteiger partial charge < -0.3 is 20.1 Å². The summed E-state index contributed by atoms with van der Waals surface area (Å²) in [6.45, 7) is 2.48. The molecule has 0 bridgehead atoms. The Hall–Kier alpha value is -3.65. The number of carboxylic acids is 1. The predicted octanol–water partition coefficient (Wildman–Crippen LogP) is 4.79. The topological polar surface area (TPSA) is 95.9 Å². The van der Waals surface area contributed by atoms with E-state index in [1.807, 2.05) is 54.8 Å². The van der Waals surface area contributed by atoms with Crippen LogP contribution in [0.25, 0.3) is 11.1 Å². The Labute approximate surface area is 208 Å². The van der Waals surface area contributed by atoms with Crippen LogP contribution in [0.4, 0.5) is 4.79 Å². The maximum atomic E-state index is 13.1. The van der Waals surface area contributed by atoms with Crippen LogP contribution < -0.4 is 5.32 Å². The van der Waals surface area contributed by atoms with Crippen molar-refractivity contribution in [2.24, 2.45) is 0 Å². The van der Waals surface area contributed by atoms with Crippen LogP contribution in [0.5, 0.6) is 0 Å². The van der Waals surface area contributed by atoms with Crippen LogP contribution in [0.2, 0.25) is 0 Å². The van der Waals surface area contributed by atoms with Gasteiger partial charge in [0.05, 0.1) is 6.54 Å². The van der Waals surface area contributed by atoms with Crippen molar-refractivity contribution in [2.75, 3.05) is 13.7 Å². The van der Waals surface area contributed by atoms with Crippen molar-refractivity contribution >= 4 is 29.3 Å². The number of carboxylic acid groups (broad SMARTS) is 1. The number of ether oxygens (including phenoxy) is 1. The van der Waals surface area contributed by atoms with Gasteiger partial charge in [-0.1, -0.05) is 48.5 Å². The predicted molar refractivity (Wildman–Crippen MR) is 134 cm³/mol. The minimum absolute atomic E-state index is 0.0217. The van der Waals surface area contributed by atoms with Crippen molar-refractivity contribution in [3.63, 3.8) is 0 Å². The molecule has 2 amide bonds. The van der Waals surface area contributed by atoms with E-state index in [1.54, 1.807) is 18.4 Å². The number of nitrogens with one attached hydrogen (secondary N) is 1. The molecule has 4 rings (SSSR count). The summed E-state index contributed by atoms with van der Waals surface area (Å²) in [4.78, 5) is 39.5. The van der Waals surface area contributed by atoms with Crippen molar-refractivity contribution in [1.82, 2.24) is 10.2 Å². The molecule has 0 spiro atoms. The van der Waals surface area contributed by atoms with Gasteiger partial charge in [-0.15, -0.1) is 11.3 Å². The third-order valence-corrected chi connectivity index (χ3v) is 7.31. The van der Waals surface area contributed by atoms with Gasteiger partial charge in [0.2, 0.25) is 5.91 Å². The highest BCUT2D eigenvalue weighted by Gasteiger charge is 2.30. The van der Waals surface area contributed by atoms with Crippen molar-refractivity contribution in [2.45, 2.75) is 38.3 Å². The van der Waals surface area contributed by atoms with E-state index in [2.05, 4.69) is 17.4 Å². The number of aryl methyl sites for hydroxylation is 1. The Morgan fingerprint density at radius 1 is 1.06 bits per heavy atom. The highest BCUT2D eigenvalue weighted by atomic mass is 32.1. The number of nitrogens with zero attached hydrogens (tertiary/aromatic N) is 1. The molecule has 0 fully saturated rings. The van der Waals surface area contributed by atoms with Crippen LogP contribution >= 0.6 is 11.3 Å². The molecule has 2 aromatic carbocycles. The first-order valence-corrected chi connectivity index (χ1v) is 12.3. The van der Waals surface area contributed by atoms with Gasteiger partial charge in [-0.3, -0.25) is 9.59 Å². The van der Waals surface area contributed by atoms with Crippen LogP contribution in [0.15, 0.2) is 60.0 Å². The van der Waals surface area contributed by atoms with Gasteiger partial charge >= 0.3 is 12.1 Å². The third kappa shape index (κ3) is 5.54. The first kappa shape index (κ1) is 24.5.